The van der Waals surface area contributed by atoms with Gasteiger partial charge in [-0.25, -0.2) is 0 Å². The van der Waals surface area contributed by atoms with E-state index in [4.69, 9.17) is 5.26 Å². The minimum atomic E-state index is -0.235. The normalized spacial score (nSPS) is 27.8. The van der Waals surface area contributed by atoms with Gasteiger partial charge in [0.1, 0.15) is 5.54 Å². The van der Waals surface area contributed by atoms with E-state index in [2.05, 4.69) is 16.3 Å². The van der Waals surface area contributed by atoms with Crippen LogP contribution in [-0.4, -0.2) is 49.1 Å². The van der Waals surface area contributed by atoms with E-state index in [0.29, 0.717) is 0 Å². The van der Waals surface area contributed by atoms with E-state index >= 15 is 0 Å². The molecule has 1 unspecified atom stereocenters. The van der Waals surface area contributed by atoms with Crippen molar-refractivity contribution in [3.63, 3.8) is 0 Å². The maximum atomic E-state index is 9.04. The quantitative estimate of drug-likeness (QED) is 0.717. The first-order valence-electron chi connectivity index (χ1n) is 4.57. The van der Waals surface area contributed by atoms with Crippen molar-refractivity contribution in [1.82, 2.24) is 10.2 Å². The molecule has 1 rings (SSSR count). The molecule has 74 valence electrons. The van der Waals surface area contributed by atoms with Crippen molar-refractivity contribution in [2.75, 3.05) is 38.7 Å². The minimum absolute atomic E-state index is 0.235. The second kappa shape index (κ2) is 4.85. The fourth-order valence-corrected chi connectivity index (χ4v) is 2.65. The van der Waals surface area contributed by atoms with E-state index in [9.17, 15) is 0 Å². The molecule has 1 N–H and O–H groups in total. The van der Waals surface area contributed by atoms with Crippen molar-refractivity contribution in [3.8, 4) is 6.07 Å². The van der Waals surface area contributed by atoms with Crippen LogP contribution in [0.3, 0.4) is 0 Å². The highest BCUT2D eigenvalue weighted by Crippen LogP contribution is 2.26. The number of hydrogen-bond acceptors (Lipinski definition) is 4. The molecule has 0 aliphatic carbocycles. The van der Waals surface area contributed by atoms with E-state index < -0.39 is 0 Å². The van der Waals surface area contributed by atoms with Crippen LogP contribution in [0.25, 0.3) is 0 Å². The lowest BCUT2D eigenvalue weighted by Crippen LogP contribution is -2.46. The van der Waals surface area contributed by atoms with Gasteiger partial charge in [0.15, 0.2) is 0 Å². The van der Waals surface area contributed by atoms with Crippen molar-refractivity contribution in [2.24, 2.45) is 0 Å². The van der Waals surface area contributed by atoms with Crippen molar-refractivity contribution in [3.05, 3.63) is 0 Å². The van der Waals surface area contributed by atoms with Gasteiger partial charge in [-0.1, -0.05) is 0 Å². The van der Waals surface area contributed by atoms with Gasteiger partial charge in [-0.05, 0) is 26.3 Å². The molecule has 3 nitrogen and oxygen atoms in total. The highest BCUT2D eigenvalue weighted by atomic mass is 32.2. The summed E-state index contributed by atoms with van der Waals surface area (Å²) in [5, 5.41) is 12.4. The SMILES string of the molecule is CN(C)CCNC1(C#N)CCSC1. The lowest BCUT2D eigenvalue weighted by molar-refractivity contribution is 0.366. The predicted molar refractivity (Wildman–Crippen MR) is 56.8 cm³/mol. The summed E-state index contributed by atoms with van der Waals surface area (Å²) in [5.74, 6) is 2.06. The van der Waals surface area contributed by atoms with Crippen LogP contribution >= 0.6 is 11.8 Å². The second-order valence-corrected chi connectivity index (χ2v) is 4.83. The van der Waals surface area contributed by atoms with Gasteiger partial charge in [-0.15, -0.1) is 0 Å². The summed E-state index contributed by atoms with van der Waals surface area (Å²) in [6.45, 7) is 1.90. The Balaban J connectivity index is 2.29. The zero-order chi connectivity index (χ0) is 9.73. The number of nitriles is 1. The van der Waals surface area contributed by atoms with Crippen molar-refractivity contribution in [2.45, 2.75) is 12.0 Å². The number of nitrogens with one attached hydrogen (secondary N) is 1. The maximum absolute atomic E-state index is 9.04. The van der Waals surface area contributed by atoms with Gasteiger partial charge in [-0.3, -0.25) is 5.32 Å². The Morgan fingerprint density at radius 1 is 1.62 bits per heavy atom. The van der Waals surface area contributed by atoms with Crippen LogP contribution in [0.1, 0.15) is 6.42 Å². The fourth-order valence-electron chi connectivity index (χ4n) is 1.35. The number of likely N-dealkylation sites (N-methyl/N-ethyl adjacent to an activating group) is 1. The maximum Gasteiger partial charge on any atom is 0.116 e. The second-order valence-electron chi connectivity index (χ2n) is 3.73. The van der Waals surface area contributed by atoms with Crippen molar-refractivity contribution >= 4 is 11.8 Å². The molecule has 1 fully saturated rings. The highest BCUT2D eigenvalue weighted by molar-refractivity contribution is 7.99. The molecular weight excluding hydrogens is 182 g/mol. The first-order chi connectivity index (χ1) is 6.18. The molecular formula is C9H17N3S. The largest absolute Gasteiger partial charge is 0.308 e. The number of nitrogens with zero attached hydrogens (tertiary/aromatic N) is 2. The van der Waals surface area contributed by atoms with Gasteiger partial charge in [0.05, 0.1) is 6.07 Å². The molecule has 1 saturated heterocycles. The zero-order valence-corrected chi connectivity index (χ0v) is 9.15. The molecule has 13 heavy (non-hydrogen) atoms. The smallest absolute Gasteiger partial charge is 0.116 e. The standard InChI is InChI=1S/C9H17N3S/c1-12(2)5-4-11-9(7-10)3-6-13-8-9/h11H,3-6,8H2,1-2H3. The predicted octanol–water partition coefficient (Wildman–Crippen LogP) is 0.537. The van der Waals surface area contributed by atoms with Crippen LogP contribution in [-0.2, 0) is 0 Å². The van der Waals surface area contributed by atoms with Crippen LogP contribution in [0.4, 0.5) is 0 Å². The van der Waals surface area contributed by atoms with Gasteiger partial charge in [-0.2, -0.15) is 17.0 Å². The molecule has 0 amide bonds. The molecule has 0 bridgehead atoms. The number of thioether (sulfide) groups is 1. The molecule has 0 saturated carbocycles. The van der Waals surface area contributed by atoms with E-state index in [0.717, 1.165) is 31.0 Å². The fraction of sp³-hybridized carbons (Fsp3) is 0.889. The van der Waals surface area contributed by atoms with Crippen molar-refractivity contribution < 1.29 is 0 Å². The molecule has 0 aromatic rings. The third-order valence-corrected chi connectivity index (χ3v) is 3.45. The lowest BCUT2D eigenvalue weighted by atomic mass is 10.0. The first-order valence-corrected chi connectivity index (χ1v) is 5.73. The van der Waals surface area contributed by atoms with Crippen LogP contribution in [0.2, 0.25) is 0 Å². The Hall–Kier alpha value is -0.240. The molecule has 1 aliphatic heterocycles. The third-order valence-electron chi connectivity index (χ3n) is 2.26. The average molecular weight is 199 g/mol. The first kappa shape index (κ1) is 10.8. The monoisotopic (exact) mass is 199 g/mol. The van der Waals surface area contributed by atoms with Gasteiger partial charge in [0.2, 0.25) is 0 Å². The van der Waals surface area contributed by atoms with Crippen LogP contribution in [0.15, 0.2) is 0 Å². The molecule has 1 heterocycles. The molecule has 0 radical (unpaired) electrons. The Morgan fingerprint density at radius 2 is 2.38 bits per heavy atom. The molecule has 1 atom stereocenters. The van der Waals surface area contributed by atoms with E-state index in [1.54, 1.807) is 0 Å². The Morgan fingerprint density at radius 3 is 2.85 bits per heavy atom. The summed E-state index contributed by atoms with van der Waals surface area (Å²) in [6.07, 6.45) is 0.988. The highest BCUT2D eigenvalue weighted by Gasteiger charge is 2.33. The number of hydrogen-bond donors (Lipinski definition) is 1. The summed E-state index contributed by atoms with van der Waals surface area (Å²) in [6, 6.07) is 2.40. The summed E-state index contributed by atoms with van der Waals surface area (Å²) in [5.41, 5.74) is -0.235. The molecule has 0 aromatic carbocycles. The van der Waals surface area contributed by atoms with Gasteiger partial charge < -0.3 is 4.90 Å². The van der Waals surface area contributed by atoms with E-state index in [1.807, 2.05) is 25.9 Å². The lowest BCUT2D eigenvalue weighted by Gasteiger charge is -2.22. The molecule has 0 aromatic heterocycles. The van der Waals surface area contributed by atoms with Gasteiger partial charge in [0, 0.05) is 18.8 Å². The van der Waals surface area contributed by atoms with E-state index in [-0.39, 0.29) is 5.54 Å². The van der Waals surface area contributed by atoms with E-state index in [1.165, 1.54) is 0 Å². The van der Waals surface area contributed by atoms with Crippen LogP contribution in [0.5, 0.6) is 0 Å². The Bertz CT molecular complexity index is 192. The zero-order valence-electron chi connectivity index (χ0n) is 8.34. The number of rotatable bonds is 4. The third kappa shape index (κ3) is 3.18. The summed E-state index contributed by atoms with van der Waals surface area (Å²) >= 11 is 1.87. The summed E-state index contributed by atoms with van der Waals surface area (Å²) in [4.78, 5) is 2.13. The Labute approximate surface area is 84.5 Å². The average Bonchev–Trinajstić information content (AvgIpc) is 2.53. The van der Waals surface area contributed by atoms with Crippen molar-refractivity contribution in [1.29, 1.82) is 5.26 Å². The minimum Gasteiger partial charge on any atom is -0.308 e. The molecule has 0 spiro atoms. The molecule has 1 aliphatic rings. The Kier molecular flexibility index (Phi) is 4.04. The summed E-state index contributed by atoms with van der Waals surface area (Å²) < 4.78 is 0. The molecule has 4 heteroatoms. The van der Waals surface area contributed by atoms with Gasteiger partial charge in [0.25, 0.3) is 0 Å². The van der Waals surface area contributed by atoms with Crippen LogP contribution in [0, 0.1) is 11.3 Å². The van der Waals surface area contributed by atoms with Gasteiger partial charge >= 0.3 is 0 Å². The topological polar surface area (TPSA) is 39.1 Å². The van der Waals surface area contributed by atoms with Crippen LogP contribution < -0.4 is 5.32 Å². The summed E-state index contributed by atoms with van der Waals surface area (Å²) in [7, 11) is 4.09.